The van der Waals surface area contributed by atoms with Crippen LogP contribution < -0.4 is 11.2 Å². The van der Waals surface area contributed by atoms with Gasteiger partial charge < -0.3 is 5.73 Å². The Balaban J connectivity index is 2.00. The minimum Gasteiger partial charge on any atom is -0.326 e. The Morgan fingerprint density at radius 1 is 1.17 bits per heavy atom. The van der Waals surface area contributed by atoms with Gasteiger partial charge in [0.25, 0.3) is 5.91 Å². The SMILES string of the molecule is CC(c1ccc(C(=O)NO)cc1)n1nc(-c2ccc(CN)cc2)cc1C(F)(F)F. The number of hydroxylamine groups is 1. The van der Waals surface area contributed by atoms with E-state index in [2.05, 4.69) is 5.10 Å². The lowest BCUT2D eigenvalue weighted by Gasteiger charge is -2.17. The molecular formula is C20H19F3N4O2. The number of nitrogens with zero attached hydrogens (tertiary/aromatic N) is 2. The number of hydrogen-bond acceptors (Lipinski definition) is 4. The van der Waals surface area contributed by atoms with E-state index in [1.165, 1.54) is 29.7 Å². The Kier molecular flexibility index (Phi) is 5.71. The van der Waals surface area contributed by atoms with Gasteiger partial charge in [-0.25, -0.2) is 5.48 Å². The first kappa shape index (κ1) is 20.6. The molecule has 0 bridgehead atoms. The summed E-state index contributed by atoms with van der Waals surface area (Å²) in [6.07, 6.45) is -4.59. The highest BCUT2D eigenvalue weighted by Crippen LogP contribution is 2.35. The minimum atomic E-state index is -4.59. The summed E-state index contributed by atoms with van der Waals surface area (Å²) < 4.78 is 41.8. The monoisotopic (exact) mass is 404 g/mol. The maximum atomic E-state index is 13.6. The van der Waals surface area contributed by atoms with E-state index in [0.717, 1.165) is 16.3 Å². The van der Waals surface area contributed by atoms with Crippen molar-refractivity contribution in [1.29, 1.82) is 0 Å². The van der Waals surface area contributed by atoms with E-state index in [1.807, 2.05) is 0 Å². The van der Waals surface area contributed by atoms with Crippen LogP contribution in [0.5, 0.6) is 0 Å². The number of amides is 1. The molecule has 0 aliphatic heterocycles. The van der Waals surface area contributed by atoms with E-state index in [9.17, 15) is 18.0 Å². The molecule has 0 radical (unpaired) electrons. The van der Waals surface area contributed by atoms with Gasteiger partial charge in [-0.3, -0.25) is 14.7 Å². The molecule has 0 saturated carbocycles. The molecule has 0 saturated heterocycles. The lowest BCUT2D eigenvalue weighted by molar-refractivity contribution is -0.144. The summed E-state index contributed by atoms with van der Waals surface area (Å²) in [6, 6.07) is 13.0. The molecule has 0 spiro atoms. The lowest BCUT2D eigenvalue weighted by atomic mass is 10.1. The maximum Gasteiger partial charge on any atom is 0.433 e. The van der Waals surface area contributed by atoms with Crippen LogP contribution in [0.1, 0.15) is 40.1 Å². The molecule has 4 N–H and O–H groups in total. The summed E-state index contributed by atoms with van der Waals surface area (Å²) in [5.74, 6) is -0.706. The van der Waals surface area contributed by atoms with E-state index in [-0.39, 0.29) is 11.3 Å². The van der Waals surface area contributed by atoms with Crippen molar-refractivity contribution in [3.63, 3.8) is 0 Å². The summed E-state index contributed by atoms with van der Waals surface area (Å²) >= 11 is 0. The topological polar surface area (TPSA) is 93.2 Å². The zero-order chi connectivity index (χ0) is 21.2. The van der Waals surface area contributed by atoms with E-state index in [1.54, 1.807) is 31.2 Å². The van der Waals surface area contributed by atoms with E-state index < -0.39 is 23.8 Å². The predicted molar refractivity (Wildman–Crippen MR) is 100 cm³/mol. The fourth-order valence-electron chi connectivity index (χ4n) is 2.97. The molecule has 1 amide bonds. The van der Waals surface area contributed by atoms with Gasteiger partial charge in [-0.15, -0.1) is 0 Å². The lowest BCUT2D eigenvalue weighted by Crippen LogP contribution is -2.20. The van der Waals surface area contributed by atoms with Crippen LogP contribution in [0.4, 0.5) is 13.2 Å². The molecular weight excluding hydrogens is 385 g/mol. The number of hydrogen-bond donors (Lipinski definition) is 3. The Hall–Kier alpha value is -3.17. The van der Waals surface area contributed by atoms with Gasteiger partial charge in [0.15, 0.2) is 0 Å². The van der Waals surface area contributed by atoms with Gasteiger partial charge in [0.05, 0.1) is 11.7 Å². The molecule has 1 unspecified atom stereocenters. The minimum absolute atomic E-state index is 0.181. The summed E-state index contributed by atoms with van der Waals surface area (Å²) in [6.45, 7) is 1.93. The van der Waals surface area contributed by atoms with Crippen LogP contribution in [0.3, 0.4) is 0 Å². The molecule has 152 valence electrons. The van der Waals surface area contributed by atoms with Crippen LogP contribution in [0.25, 0.3) is 11.3 Å². The third kappa shape index (κ3) is 4.30. The van der Waals surface area contributed by atoms with Crippen LogP contribution in [-0.4, -0.2) is 20.9 Å². The second kappa shape index (κ2) is 8.06. The number of halogens is 3. The normalized spacial score (nSPS) is 12.6. The van der Waals surface area contributed by atoms with Crippen LogP contribution in [0, 0.1) is 0 Å². The Morgan fingerprint density at radius 3 is 2.31 bits per heavy atom. The Bertz CT molecular complexity index is 996. The highest BCUT2D eigenvalue weighted by molar-refractivity contribution is 5.93. The molecule has 0 fully saturated rings. The molecule has 29 heavy (non-hydrogen) atoms. The van der Waals surface area contributed by atoms with Crippen molar-refractivity contribution in [3.05, 3.63) is 77.0 Å². The third-order valence-electron chi connectivity index (χ3n) is 4.64. The molecule has 6 nitrogen and oxygen atoms in total. The molecule has 1 heterocycles. The smallest absolute Gasteiger partial charge is 0.326 e. The number of benzene rings is 2. The van der Waals surface area contributed by atoms with Crippen LogP contribution in [0.15, 0.2) is 54.6 Å². The van der Waals surface area contributed by atoms with Crippen LogP contribution in [0.2, 0.25) is 0 Å². The molecule has 0 aliphatic carbocycles. The van der Waals surface area contributed by atoms with Gasteiger partial charge in [-0.1, -0.05) is 36.4 Å². The van der Waals surface area contributed by atoms with Gasteiger partial charge in [0.1, 0.15) is 5.69 Å². The largest absolute Gasteiger partial charge is 0.433 e. The van der Waals surface area contributed by atoms with E-state index in [0.29, 0.717) is 17.7 Å². The van der Waals surface area contributed by atoms with Gasteiger partial charge in [-0.05, 0) is 36.2 Å². The zero-order valence-corrected chi connectivity index (χ0v) is 15.4. The van der Waals surface area contributed by atoms with Gasteiger partial charge in [-0.2, -0.15) is 18.3 Å². The number of rotatable bonds is 5. The summed E-state index contributed by atoms with van der Waals surface area (Å²) in [5.41, 5.74) is 8.51. The average molecular weight is 404 g/mol. The fourth-order valence-corrected chi connectivity index (χ4v) is 2.97. The number of nitrogens with one attached hydrogen (secondary N) is 1. The summed E-state index contributed by atoms with van der Waals surface area (Å²) in [5, 5.41) is 12.9. The number of nitrogens with two attached hydrogens (primary N) is 1. The number of carbonyl (C=O) groups excluding carboxylic acids is 1. The van der Waals surface area contributed by atoms with Crippen molar-refractivity contribution in [1.82, 2.24) is 15.3 Å². The van der Waals surface area contributed by atoms with Gasteiger partial charge in [0.2, 0.25) is 0 Å². The first-order valence-electron chi connectivity index (χ1n) is 8.75. The van der Waals surface area contributed by atoms with Crippen molar-refractivity contribution < 1.29 is 23.2 Å². The molecule has 0 aliphatic rings. The zero-order valence-electron chi connectivity index (χ0n) is 15.4. The van der Waals surface area contributed by atoms with Crippen LogP contribution in [-0.2, 0) is 12.7 Å². The Labute approximate surface area is 164 Å². The van der Waals surface area contributed by atoms with Crippen molar-refractivity contribution in [3.8, 4) is 11.3 Å². The quantitative estimate of drug-likeness (QED) is 0.446. The van der Waals surface area contributed by atoms with Crippen molar-refractivity contribution >= 4 is 5.91 Å². The highest BCUT2D eigenvalue weighted by atomic mass is 19.4. The molecule has 3 aromatic rings. The molecule has 1 aromatic heterocycles. The number of alkyl halides is 3. The van der Waals surface area contributed by atoms with Crippen molar-refractivity contribution in [2.24, 2.45) is 5.73 Å². The van der Waals surface area contributed by atoms with Gasteiger partial charge in [0, 0.05) is 17.7 Å². The summed E-state index contributed by atoms with van der Waals surface area (Å²) in [7, 11) is 0. The average Bonchev–Trinajstić information content (AvgIpc) is 3.19. The number of aromatic nitrogens is 2. The first-order chi connectivity index (χ1) is 13.7. The highest BCUT2D eigenvalue weighted by Gasteiger charge is 2.37. The second-order valence-corrected chi connectivity index (χ2v) is 6.50. The molecule has 1 atom stereocenters. The van der Waals surface area contributed by atoms with E-state index in [4.69, 9.17) is 10.9 Å². The predicted octanol–water partition coefficient (Wildman–Crippen LogP) is 3.76. The van der Waals surface area contributed by atoms with Crippen molar-refractivity contribution in [2.45, 2.75) is 25.7 Å². The molecule has 2 aromatic carbocycles. The standard InChI is InChI=1S/C20H19F3N4O2/c1-12(14-6-8-16(9-7-14)19(28)26-29)27-18(20(21,22)23)10-17(25-27)15-4-2-13(11-24)3-5-15/h2-10,12,29H,11,24H2,1H3,(H,26,28). The second-order valence-electron chi connectivity index (χ2n) is 6.50. The summed E-state index contributed by atoms with van der Waals surface area (Å²) in [4.78, 5) is 11.4. The first-order valence-corrected chi connectivity index (χ1v) is 8.75. The molecule has 9 heteroatoms. The maximum absolute atomic E-state index is 13.6. The van der Waals surface area contributed by atoms with Crippen LogP contribution >= 0.6 is 0 Å². The van der Waals surface area contributed by atoms with E-state index >= 15 is 0 Å². The molecule has 3 rings (SSSR count). The fraction of sp³-hybridized carbons (Fsp3) is 0.200. The van der Waals surface area contributed by atoms with Crippen molar-refractivity contribution in [2.75, 3.05) is 0 Å². The Morgan fingerprint density at radius 2 is 1.79 bits per heavy atom. The number of carbonyl (C=O) groups is 1. The van der Waals surface area contributed by atoms with Gasteiger partial charge >= 0.3 is 6.18 Å². The third-order valence-corrected chi connectivity index (χ3v) is 4.64.